The fraction of sp³-hybridized carbons (Fsp3) is 0.571. The van der Waals surface area contributed by atoms with Crippen molar-refractivity contribution < 1.29 is 14.4 Å². The summed E-state index contributed by atoms with van der Waals surface area (Å²) in [5.41, 5.74) is 1.25. The zero-order chi connectivity index (χ0) is 20.0. The molecule has 1 aliphatic heterocycles. The maximum absolute atomic E-state index is 12.7. The predicted molar refractivity (Wildman–Crippen MR) is 105 cm³/mol. The highest BCUT2D eigenvalue weighted by atomic mass is 16.2. The zero-order valence-corrected chi connectivity index (χ0v) is 16.9. The van der Waals surface area contributed by atoms with Crippen LogP contribution in [-0.4, -0.2) is 46.8 Å². The molecule has 1 aromatic carbocycles. The Balaban J connectivity index is 1.95. The van der Waals surface area contributed by atoms with Gasteiger partial charge in [-0.1, -0.05) is 56.9 Å². The highest BCUT2D eigenvalue weighted by Gasteiger charge is 2.47. The molecule has 6 nitrogen and oxygen atoms in total. The Bertz CT molecular complexity index is 704. The topological polar surface area (TPSA) is 69.7 Å². The van der Waals surface area contributed by atoms with Gasteiger partial charge in [0.05, 0.1) is 0 Å². The number of hydrogen-bond donors (Lipinski definition) is 1. The summed E-state index contributed by atoms with van der Waals surface area (Å²) >= 11 is 0. The third-order valence-electron chi connectivity index (χ3n) is 5.26. The number of hydrogen-bond acceptors (Lipinski definition) is 3. The molecule has 0 radical (unpaired) electrons. The normalized spacial score (nSPS) is 19.3. The highest BCUT2D eigenvalue weighted by Crippen LogP contribution is 2.24. The Morgan fingerprint density at radius 2 is 1.89 bits per heavy atom. The van der Waals surface area contributed by atoms with Crippen LogP contribution >= 0.6 is 0 Å². The van der Waals surface area contributed by atoms with Crippen LogP contribution in [0.5, 0.6) is 0 Å². The van der Waals surface area contributed by atoms with Gasteiger partial charge in [0.1, 0.15) is 12.1 Å². The van der Waals surface area contributed by atoms with Crippen LogP contribution in [0.1, 0.15) is 57.1 Å². The van der Waals surface area contributed by atoms with Crippen LogP contribution in [0.2, 0.25) is 0 Å². The van der Waals surface area contributed by atoms with Crippen LogP contribution in [0.25, 0.3) is 0 Å². The van der Waals surface area contributed by atoms with Crippen LogP contribution in [0.3, 0.4) is 0 Å². The summed E-state index contributed by atoms with van der Waals surface area (Å²) in [5.74, 6) is -0.557. The summed E-state index contributed by atoms with van der Waals surface area (Å²) in [7, 11) is 1.69. The second-order valence-electron chi connectivity index (χ2n) is 7.64. The average molecular weight is 373 g/mol. The van der Waals surface area contributed by atoms with E-state index in [9.17, 15) is 14.4 Å². The second-order valence-corrected chi connectivity index (χ2v) is 7.64. The van der Waals surface area contributed by atoms with Gasteiger partial charge in [-0.15, -0.1) is 0 Å². The van der Waals surface area contributed by atoms with E-state index in [0.717, 1.165) is 41.7 Å². The standard InChI is InChI=1S/C21H31N3O3/c1-5-6-7-10-13-21(3)19(26)24(20(27)22-21)15-18(25)23(4)14-17-12-9-8-11-16(17)2/h8-9,11-12H,5-7,10,13-15H2,1-4H3,(H,22,27). The van der Waals surface area contributed by atoms with Gasteiger partial charge in [0.15, 0.2) is 0 Å². The van der Waals surface area contributed by atoms with Crippen LogP contribution in [0.15, 0.2) is 24.3 Å². The number of unbranched alkanes of at least 4 members (excludes halogenated alkanes) is 3. The van der Waals surface area contributed by atoms with Crippen LogP contribution in [-0.2, 0) is 16.1 Å². The number of aryl methyl sites for hydroxylation is 1. The van der Waals surface area contributed by atoms with Gasteiger partial charge < -0.3 is 10.2 Å². The van der Waals surface area contributed by atoms with Crippen LogP contribution < -0.4 is 5.32 Å². The molecule has 1 aromatic rings. The van der Waals surface area contributed by atoms with Crippen molar-refractivity contribution in [2.75, 3.05) is 13.6 Å². The van der Waals surface area contributed by atoms with Crippen molar-refractivity contribution >= 4 is 17.8 Å². The number of amides is 4. The van der Waals surface area contributed by atoms with E-state index < -0.39 is 11.6 Å². The first-order valence-corrected chi connectivity index (χ1v) is 9.71. The minimum atomic E-state index is -0.903. The molecule has 0 spiro atoms. The van der Waals surface area contributed by atoms with E-state index in [4.69, 9.17) is 0 Å². The van der Waals surface area contributed by atoms with Crippen molar-refractivity contribution in [1.82, 2.24) is 15.1 Å². The number of rotatable bonds is 9. The number of carbonyl (C=O) groups excluding carboxylic acids is 3. The van der Waals surface area contributed by atoms with Crippen molar-refractivity contribution in [2.45, 2.75) is 65.0 Å². The van der Waals surface area contributed by atoms with E-state index in [-0.39, 0.29) is 18.4 Å². The van der Waals surface area contributed by atoms with E-state index in [1.54, 1.807) is 18.9 Å². The summed E-state index contributed by atoms with van der Waals surface area (Å²) in [5, 5.41) is 2.78. The molecule has 1 aliphatic rings. The molecule has 148 valence electrons. The fourth-order valence-electron chi connectivity index (χ4n) is 3.35. The Labute approximate surface area is 161 Å². The molecular weight excluding hydrogens is 342 g/mol. The van der Waals surface area contributed by atoms with E-state index >= 15 is 0 Å². The fourth-order valence-corrected chi connectivity index (χ4v) is 3.35. The number of likely N-dealkylation sites (N-methyl/N-ethyl adjacent to an activating group) is 1. The number of nitrogens with one attached hydrogen (secondary N) is 1. The van der Waals surface area contributed by atoms with E-state index in [0.29, 0.717) is 13.0 Å². The van der Waals surface area contributed by atoms with Crippen molar-refractivity contribution in [3.8, 4) is 0 Å². The average Bonchev–Trinajstić information content (AvgIpc) is 2.84. The minimum absolute atomic E-state index is 0.225. The smallest absolute Gasteiger partial charge is 0.325 e. The monoisotopic (exact) mass is 373 g/mol. The molecule has 1 N–H and O–H groups in total. The summed E-state index contributed by atoms with van der Waals surface area (Å²) in [6.07, 6.45) is 4.75. The third kappa shape index (κ3) is 5.08. The molecular formula is C21H31N3O3. The lowest BCUT2D eigenvalue weighted by molar-refractivity contribution is -0.138. The molecule has 0 bridgehead atoms. The van der Waals surface area contributed by atoms with Gasteiger partial charge >= 0.3 is 6.03 Å². The zero-order valence-electron chi connectivity index (χ0n) is 16.9. The van der Waals surface area contributed by atoms with E-state index in [1.807, 2.05) is 31.2 Å². The molecule has 0 saturated carbocycles. The largest absolute Gasteiger partial charge is 0.340 e. The first-order valence-electron chi connectivity index (χ1n) is 9.71. The minimum Gasteiger partial charge on any atom is -0.340 e. The summed E-state index contributed by atoms with van der Waals surface area (Å²) in [4.78, 5) is 40.2. The number of urea groups is 1. The lowest BCUT2D eigenvalue weighted by atomic mass is 9.94. The van der Waals surface area contributed by atoms with Crippen molar-refractivity contribution in [1.29, 1.82) is 0 Å². The lowest BCUT2D eigenvalue weighted by Crippen LogP contribution is -2.45. The van der Waals surface area contributed by atoms with E-state index in [1.165, 1.54) is 0 Å². The maximum atomic E-state index is 12.7. The molecule has 1 saturated heterocycles. The molecule has 4 amide bonds. The first-order chi connectivity index (χ1) is 12.8. The molecule has 2 rings (SSSR count). The molecule has 6 heteroatoms. The molecule has 0 aromatic heterocycles. The van der Waals surface area contributed by atoms with Crippen molar-refractivity contribution in [3.63, 3.8) is 0 Å². The number of nitrogens with zero attached hydrogens (tertiary/aromatic N) is 2. The van der Waals surface area contributed by atoms with Gasteiger partial charge in [-0.2, -0.15) is 0 Å². The molecule has 0 aliphatic carbocycles. The van der Waals surface area contributed by atoms with Gasteiger partial charge in [-0.3, -0.25) is 14.5 Å². The van der Waals surface area contributed by atoms with Gasteiger partial charge in [-0.05, 0) is 31.4 Å². The Hall–Kier alpha value is -2.37. The van der Waals surface area contributed by atoms with Gasteiger partial charge in [0, 0.05) is 13.6 Å². The Morgan fingerprint density at radius 3 is 2.56 bits per heavy atom. The van der Waals surface area contributed by atoms with Crippen LogP contribution in [0.4, 0.5) is 4.79 Å². The SMILES string of the molecule is CCCCCCC1(C)NC(=O)N(CC(=O)N(C)Cc2ccccc2C)C1=O. The highest BCUT2D eigenvalue weighted by molar-refractivity contribution is 6.08. The first kappa shape index (κ1) is 20.9. The van der Waals surface area contributed by atoms with Crippen LogP contribution in [0, 0.1) is 6.92 Å². The predicted octanol–water partition coefficient (Wildman–Crippen LogP) is 3.23. The summed E-state index contributed by atoms with van der Waals surface area (Å²) < 4.78 is 0. The molecule has 1 unspecified atom stereocenters. The number of benzene rings is 1. The van der Waals surface area contributed by atoms with Crippen molar-refractivity contribution in [3.05, 3.63) is 35.4 Å². The molecule has 1 fully saturated rings. The number of carbonyl (C=O) groups is 3. The second kappa shape index (κ2) is 9.02. The summed E-state index contributed by atoms with van der Waals surface area (Å²) in [6.45, 7) is 6.10. The third-order valence-corrected chi connectivity index (χ3v) is 5.26. The quantitative estimate of drug-likeness (QED) is 0.534. The lowest BCUT2D eigenvalue weighted by Gasteiger charge is -2.23. The molecule has 1 heterocycles. The van der Waals surface area contributed by atoms with Gasteiger partial charge in [-0.25, -0.2) is 4.79 Å². The molecule has 27 heavy (non-hydrogen) atoms. The van der Waals surface area contributed by atoms with E-state index in [2.05, 4.69) is 12.2 Å². The maximum Gasteiger partial charge on any atom is 0.325 e. The molecule has 1 atom stereocenters. The van der Waals surface area contributed by atoms with Crippen molar-refractivity contribution in [2.24, 2.45) is 0 Å². The summed E-state index contributed by atoms with van der Waals surface area (Å²) in [6, 6.07) is 7.38. The van der Waals surface area contributed by atoms with Gasteiger partial charge in [0.2, 0.25) is 5.91 Å². The van der Waals surface area contributed by atoms with Gasteiger partial charge in [0.25, 0.3) is 5.91 Å². The Morgan fingerprint density at radius 1 is 1.19 bits per heavy atom. The number of imide groups is 1. The Kier molecular flexibility index (Phi) is 6.99.